The third-order valence-corrected chi connectivity index (χ3v) is 7.10. The van der Waals surface area contributed by atoms with Crippen LogP contribution >= 0.6 is 11.8 Å². The molecular weight excluding hydrogens is 590 g/mol. The van der Waals surface area contributed by atoms with Crippen LogP contribution in [0.2, 0.25) is 0 Å². The van der Waals surface area contributed by atoms with Crippen LogP contribution in [0.25, 0.3) is 0 Å². The van der Waals surface area contributed by atoms with Gasteiger partial charge in [-0.15, -0.1) is 0 Å². The lowest BCUT2D eigenvalue weighted by molar-refractivity contribution is -0.141. The van der Waals surface area contributed by atoms with E-state index in [0.717, 1.165) is 18.6 Å². The Labute approximate surface area is 277 Å². The largest absolute Gasteiger partial charge is 0.481 e. The first-order valence-electron chi connectivity index (χ1n) is 16.0. The van der Waals surface area contributed by atoms with Gasteiger partial charge < -0.3 is 32.1 Å². The van der Waals surface area contributed by atoms with Crippen LogP contribution in [0.1, 0.15) is 86.0 Å². The highest BCUT2D eigenvalue weighted by Crippen LogP contribution is 2.10. The Morgan fingerprint density at radius 3 is 1.73 bits per heavy atom. The number of carbonyl (C=O) groups is 4. The molecule has 4 atom stereocenters. The first-order chi connectivity index (χ1) is 21.5. The lowest BCUT2D eigenvalue weighted by Crippen LogP contribution is -2.56. The number of carbonyl (C=O) groups excluding carboxylic acids is 3. The summed E-state index contributed by atoms with van der Waals surface area (Å²) in [4.78, 5) is 47.4. The highest BCUT2D eigenvalue weighted by Gasteiger charge is 2.28. The number of benzene rings is 1. The molecule has 11 heteroatoms. The van der Waals surface area contributed by atoms with Crippen molar-refractivity contribution in [3.63, 3.8) is 0 Å². The molecule has 260 valence electrons. The van der Waals surface area contributed by atoms with Crippen LogP contribution in [0, 0.1) is 11.8 Å². The van der Waals surface area contributed by atoms with Gasteiger partial charge in [-0.3, -0.25) is 19.2 Å². The van der Waals surface area contributed by atoms with E-state index in [1.54, 1.807) is 18.7 Å². The van der Waals surface area contributed by atoms with E-state index in [9.17, 15) is 19.2 Å². The summed E-state index contributed by atoms with van der Waals surface area (Å²) in [5, 5.41) is 19.6. The Morgan fingerprint density at radius 2 is 1.33 bits per heavy atom. The number of aliphatic carboxylic acids is 1. The zero-order chi connectivity index (χ0) is 35.0. The van der Waals surface area contributed by atoms with Gasteiger partial charge in [0.05, 0.1) is 5.92 Å². The maximum absolute atomic E-state index is 12.6. The average molecular weight is 654 g/mol. The van der Waals surface area contributed by atoms with Crippen molar-refractivity contribution in [1.29, 1.82) is 0 Å². The van der Waals surface area contributed by atoms with Crippen LogP contribution in [0.5, 0.6) is 0 Å². The van der Waals surface area contributed by atoms with E-state index in [2.05, 4.69) is 40.5 Å². The van der Waals surface area contributed by atoms with Crippen molar-refractivity contribution < 1.29 is 24.3 Å². The standard InChI is InChI=1S/C18H34N4O3S.C9H18O2.C6H6.CH5N/c1-7-13(16(23)19-5)21-18(25)15(11-12(3)4)22-17(24)14(20-8-2)9-10-26-6;1-3-4-5-6-7-8(2)9(10)11;1-2-4-6-5-3-1;1-2/h8,12-15,20H,2,7,9-11H2,1,3-6H3,(H,19,23)(H,21,25)(H,22,24);8H,3-7H2,1-2H3,(H,10,11);1-6H;2H2,1H3. The molecule has 0 fully saturated rings. The Kier molecular flexibility index (Phi) is 33.3. The number of amides is 3. The SMILES string of the molecule is C=CNC(CCSC)C(=O)NC(CC(C)C)C(=O)NC(CC)C(=O)NC.CCCCCCC(C)C(=O)O.CN.c1ccccc1. The van der Waals surface area contributed by atoms with Crippen LogP contribution in [-0.4, -0.2) is 73.0 Å². The summed E-state index contributed by atoms with van der Waals surface area (Å²) in [7, 11) is 3.03. The van der Waals surface area contributed by atoms with Crippen molar-refractivity contribution in [3.05, 3.63) is 49.2 Å². The minimum Gasteiger partial charge on any atom is -0.481 e. The van der Waals surface area contributed by atoms with Crippen molar-refractivity contribution in [2.45, 2.75) is 104 Å². The molecule has 0 saturated carbocycles. The van der Waals surface area contributed by atoms with E-state index in [4.69, 9.17) is 5.11 Å². The molecule has 4 unspecified atom stereocenters. The number of hydrogen-bond donors (Lipinski definition) is 6. The lowest BCUT2D eigenvalue weighted by atomic mass is 10.0. The van der Waals surface area contributed by atoms with Gasteiger partial charge in [-0.1, -0.05) is 103 Å². The van der Waals surface area contributed by atoms with Crippen LogP contribution in [-0.2, 0) is 19.2 Å². The Hall–Kier alpha value is -3.05. The van der Waals surface area contributed by atoms with E-state index in [1.165, 1.54) is 39.6 Å². The second-order valence-electron chi connectivity index (χ2n) is 10.7. The molecule has 45 heavy (non-hydrogen) atoms. The fourth-order valence-electron chi connectivity index (χ4n) is 3.83. The summed E-state index contributed by atoms with van der Waals surface area (Å²) in [6, 6.07) is 10.3. The van der Waals surface area contributed by atoms with Crippen molar-refractivity contribution in [3.8, 4) is 0 Å². The summed E-state index contributed by atoms with van der Waals surface area (Å²) >= 11 is 1.65. The van der Waals surface area contributed by atoms with Gasteiger partial charge in [-0.2, -0.15) is 11.8 Å². The molecule has 0 aromatic heterocycles. The second-order valence-corrected chi connectivity index (χ2v) is 11.7. The molecule has 0 bridgehead atoms. The van der Waals surface area contributed by atoms with Gasteiger partial charge in [-0.05, 0) is 56.9 Å². The van der Waals surface area contributed by atoms with E-state index >= 15 is 0 Å². The van der Waals surface area contributed by atoms with Crippen molar-refractivity contribution in [2.24, 2.45) is 17.6 Å². The average Bonchev–Trinajstić information content (AvgIpc) is 3.05. The third kappa shape index (κ3) is 27.0. The predicted molar refractivity (Wildman–Crippen MR) is 190 cm³/mol. The molecule has 0 radical (unpaired) electrons. The second kappa shape index (κ2) is 32.3. The molecule has 0 saturated heterocycles. The predicted octanol–water partition coefficient (Wildman–Crippen LogP) is 4.95. The van der Waals surface area contributed by atoms with Gasteiger partial charge in [0.25, 0.3) is 0 Å². The molecular formula is C34H63N5O5S. The Balaban J connectivity index is -0.000000751. The minimum absolute atomic E-state index is 0.160. The topological polar surface area (TPSA) is 163 Å². The summed E-state index contributed by atoms with van der Waals surface area (Å²) in [6.07, 6.45) is 10.6. The molecule has 0 aliphatic rings. The molecule has 7 N–H and O–H groups in total. The van der Waals surface area contributed by atoms with Crippen LogP contribution in [0.4, 0.5) is 0 Å². The number of likely N-dealkylation sites (N-methyl/N-ethyl adjacent to an activating group) is 1. The van der Waals surface area contributed by atoms with Crippen LogP contribution in [0.3, 0.4) is 0 Å². The highest BCUT2D eigenvalue weighted by atomic mass is 32.2. The van der Waals surface area contributed by atoms with E-state index in [-0.39, 0.29) is 29.6 Å². The zero-order valence-electron chi connectivity index (χ0n) is 29.1. The van der Waals surface area contributed by atoms with Crippen LogP contribution in [0.15, 0.2) is 49.2 Å². The van der Waals surface area contributed by atoms with E-state index < -0.39 is 24.1 Å². The zero-order valence-corrected chi connectivity index (χ0v) is 29.9. The molecule has 1 rings (SSSR count). The fourth-order valence-corrected chi connectivity index (χ4v) is 4.30. The van der Waals surface area contributed by atoms with Crippen LogP contribution < -0.4 is 27.0 Å². The van der Waals surface area contributed by atoms with Gasteiger partial charge in [0, 0.05) is 7.05 Å². The number of rotatable bonds is 19. The Morgan fingerprint density at radius 1 is 0.822 bits per heavy atom. The quantitative estimate of drug-likeness (QED) is 0.114. The normalized spacial score (nSPS) is 12.5. The molecule has 3 amide bonds. The monoisotopic (exact) mass is 653 g/mol. The first-order valence-corrected chi connectivity index (χ1v) is 17.4. The molecule has 10 nitrogen and oxygen atoms in total. The number of nitrogens with one attached hydrogen (secondary N) is 4. The molecule has 0 heterocycles. The van der Waals surface area contributed by atoms with Crippen molar-refractivity contribution in [2.75, 3.05) is 26.1 Å². The number of carboxylic acids is 1. The van der Waals surface area contributed by atoms with E-state index in [0.29, 0.717) is 19.3 Å². The van der Waals surface area contributed by atoms with Gasteiger partial charge in [-0.25, -0.2) is 0 Å². The maximum atomic E-state index is 12.6. The molecule has 1 aromatic carbocycles. The summed E-state index contributed by atoms with van der Waals surface area (Å²) in [5.74, 6) is -0.634. The summed E-state index contributed by atoms with van der Waals surface area (Å²) in [6.45, 7) is 13.3. The maximum Gasteiger partial charge on any atom is 0.306 e. The number of thioether (sulfide) groups is 1. The molecule has 0 aliphatic heterocycles. The smallest absolute Gasteiger partial charge is 0.306 e. The first kappa shape index (κ1) is 46.4. The molecule has 0 spiro atoms. The molecule has 1 aromatic rings. The Bertz CT molecular complexity index is 862. The van der Waals surface area contributed by atoms with E-state index in [1.807, 2.05) is 63.4 Å². The highest BCUT2D eigenvalue weighted by molar-refractivity contribution is 7.98. The number of nitrogens with two attached hydrogens (primary N) is 1. The summed E-state index contributed by atoms with van der Waals surface area (Å²) in [5.41, 5.74) is 4.50. The van der Waals surface area contributed by atoms with Gasteiger partial charge in [0.15, 0.2) is 0 Å². The lowest BCUT2D eigenvalue weighted by Gasteiger charge is -2.25. The van der Waals surface area contributed by atoms with Gasteiger partial charge >= 0.3 is 5.97 Å². The van der Waals surface area contributed by atoms with Crippen molar-refractivity contribution in [1.82, 2.24) is 21.3 Å². The molecule has 0 aliphatic carbocycles. The van der Waals surface area contributed by atoms with Gasteiger partial charge in [0.2, 0.25) is 17.7 Å². The minimum atomic E-state index is -0.690. The number of carboxylic acid groups (broad SMARTS) is 1. The summed E-state index contributed by atoms with van der Waals surface area (Å²) < 4.78 is 0. The number of hydrogen-bond acceptors (Lipinski definition) is 7. The van der Waals surface area contributed by atoms with Gasteiger partial charge in [0.1, 0.15) is 18.1 Å². The third-order valence-electron chi connectivity index (χ3n) is 6.45. The van der Waals surface area contributed by atoms with Crippen molar-refractivity contribution >= 4 is 35.5 Å². The number of unbranched alkanes of at least 4 members (excludes halogenated alkanes) is 3. The fraction of sp³-hybridized carbons (Fsp3) is 0.647.